The fraction of sp³-hybridized carbons (Fsp3) is 0.412. The van der Waals surface area contributed by atoms with Crippen molar-refractivity contribution >= 4 is 13.7 Å². The Hall–Kier alpha value is -1.15. The van der Waals surface area contributed by atoms with Crippen molar-refractivity contribution in [1.29, 1.82) is 0 Å². The van der Waals surface area contributed by atoms with Crippen molar-refractivity contribution in [2.24, 2.45) is 0 Å². The molecule has 3 nitrogen and oxygen atoms in total. The highest BCUT2D eigenvalue weighted by Gasteiger charge is 2.30. The third kappa shape index (κ3) is 6.01. The van der Waals surface area contributed by atoms with Gasteiger partial charge >= 0.3 is 7.60 Å². The summed E-state index contributed by atoms with van der Waals surface area (Å²) in [7, 11) is -3.07. The lowest BCUT2D eigenvalue weighted by Crippen LogP contribution is -2.07. The summed E-state index contributed by atoms with van der Waals surface area (Å²) in [5.74, 6) is 0. The van der Waals surface area contributed by atoms with E-state index in [0.29, 0.717) is 13.2 Å². The molecule has 0 aliphatic carbocycles. The van der Waals surface area contributed by atoms with Crippen molar-refractivity contribution in [3.8, 4) is 0 Å². The maximum Gasteiger partial charge on any atom is 0.337 e. The third-order valence-corrected chi connectivity index (χ3v) is 5.34. The van der Waals surface area contributed by atoms with Gasteiger partial charge in [-0.25, -0.2) is 0 Å². The third-order valence-electron chi connectivity index (χ3n) is 2.96. The molecular formula is C17H25O3P. The van der Waals surface area contributed by atoms with Crippen LogP contribution in [-0.2, 0) is 13.6 Å². The van der Waals surface area contributed by atoms with Crippen molar-refractivity contribution in [3.63, 3.8) is 0 Å². The second-order valence-corrected chi connectivity index (χ2v) is 7.18. The normalized spacial score (nSPS) is 14.6. The molecule has 0 saturated carbocycles. The summed E-state index contributed by atoms with van der Waals surface area (Å²) in [6, 6.07) is 10.1. The van der Waals surface area contributed by atoms with Gasteiger partial charge in [-0.2, -0.15) is 0 Å². The molecule has 1 aromatic carbocycles. The summed E-state index contributed by atoms with van der Waals surface area (Å²) in [5.41, 5.74) is 1.90. The van der Waals surface area contributed by atoms with Crippen LogP contribution in [0.4, 0.5) is 0 Å². The van der Waals surface area contributed by atoms with E-state index in [4.69, 9.17) is 9.05 Å². The van der Waals surface area contributed by atoms with E-state index in [0.717, 1.165) is 11.1 Å². The van der Waals surface area contributed by atoms with Gasteiger partial charge in [-0.1, -0.05) is 54.1 Å². The minimum absolute atomic E-state index is 0.266. The summed E-state index contributed by atoms with van der Waals surface area (Å²) in [6.45, 7) is 8.27. The maximum atomic E-state index is 12.6. The quantitative estimate of drug-likeness (QED) is 0.483. The van der Waals surface area contributed by atoms with Gasteiger partial charge in [0.1, 0.15) is 0 Å². The van der Waals surface area contributed by atoms with Gasteiger partial charge in [-0.05, 0) is 33.3 Å². The largest absolute Gasteiger partial charge is 0.337 e. The lowest BCUT2D eigenvalue weighted by Gasteiger charge is -2.21. The first kappa shape index (κ1) is 17.9. The minimum atomic E-state index is -3.07. The van der Waals surface area contributed by atoms with Crippen LogP contribution in [0.2, 0.25) is 0 Å². The van der Waals surface area contributed by atoms with Gasteiger partial charge in [0.2, 0.25) is 0 Å². The predicted molar refractivity (Wildman–Crippen MR) is 89.6 cm³/mol. The number of allylic oxidation sites excluding steroid dienone is 3. The van der Waals surface area contributed by atoms with Crippen LogP contribution in [0.1, 0.15) is 33.3 Å². The van der Waals surface area contributed by atoms with Crippen LogP contribution in [0, 0.1) is 0 Å². The number of rotatable bonds is 8. The summed E-state index contributed by atoms with van der Waals surface area (Å²) < 4.78 is 23.3. The highest BCUT2D eigenvalue weighted by atomic mass is 31.2. The highest BCUT2D eigenvalue weighted by molar-refractivity contribution is 7.54. The lowest BCUT2D eigenvalue weighted by atomic mass is 10.1. The zero-order valence-corrected chi connectivity index (χ0v) is 14.2. The van der Waals surface area contributed by atoms with Crippen LogP contribution < -0.4 is 0 Å². The van der Waals surface area contributed by atoms with Crippen LogP contribution in [-0.4, -0.2) is 18.9 Å². The summed E-state index contributed by atoms with van der Waals surface area (Å²) in [6.07, 6.45) is 5.98. The molecule has 0 spiro atoms. The fourth-order valence-electron chi connectivity index (χ4n) is 1.95. The Morgan fingerprint density at radius 2 is 1.76 bits per heavy atom. The molecule has 4 heteroatoms. The molecule has 1 atom stereocenters. The first-order valence-corrected chi connectivity index (χ1v) is 8.93. The zero-order valence-electron chi connectivity index (χ0n) is 13.3. The predicted octanol–water partition coefficient (Wildman–Crippen LogP) is 5.30. The number of hydrogen-bond acceptors (Lipinski definition) is 3. The molecule has 0 aromatic heterocycles. The molecule has 0 radical (unpaired) electrons. The molecule has 116 valence electrons. The second-order valence-electron chi connectivity index (χ2n) is 4.77. The molecule has 0 aliphatic rings. The first-order valence-electron chi connectivity index (χ1n) is 7.32. The van der Waals surface area contributed by atoms with Crippen LogP contribution in [0.25, 0.3) is 6.08 Å². The van der Waals surface area contributed by atoms with Crippen LogP contribution in [0.3, 0.4) is 0 Å². The van der Waals surface area contributed by atoms with Crippen molar-refractivity contribution in [3.05, 3.63) is 53.6 Å². The fourth-order valence-corrected chi connectivity index (χ4v) is 3.63. The minimum Gasteiger partial charge on any atom is -0.308 e. The molecule has 0 heterocycles. The monoisotopic (exact) mass is 308 g/mol. The lowest BCUT2D eigenvalue weighted by molar-refractivity contribution is 0.216. The maximum absolute atomic E-state index is 12.6. The first-order chi connectivity index (χ1) is 10.0. The molecule has 1 unspecified atom stereocenters. The van der Waals surface area contributed by atoms with Gasteiger partial charge in [0.05, 0.1) is 18.9 Å². The standard InChI is InChI=1S/C17H25O3P/c1-5-19-21(18,20-6-2)16(4)14-15(3)12-13-17-10-8-7-9-11-17/h7-14,16H,5-6H2,1-4H3/b13-12+,15-14+. The van der Waals surface area contributed by atoms with Crippen molar-refractivity contribution in [2.75, 3.05) is 13.2 Å². The van der Waals surface area contributed by atoms with E-state index < -0.39 is 7.60 Å². The molecule has 21 heavy (non-hydrogen) atoms. The second kappa shape index (κ2) is 8.99. The van der Waals surface area contributed by atoms with E-state index in [9.17, 15) is 4.57 Å². The van der Waals surface area contributed by atoms with E-state index >= 15 is 0 Å². The topological polar surface area (TPSA) is 35.5 Å². The van der Waals surface area contributed by atoms with Gasteiger partial charge < -0.3 is 9.05 Å². The van der Waals surface area contributed by atoms with E-state index in [-0.39, 0.29) is 5.66 Å². The summed E-state index contributed by atoms with van der Waals surface area (Å²) in [5, 5.41) is 0. The average Bonchev–Trinajstić information content (AvgIpc) is 2.46. The smallest absolute Gasteiger partial charge is 0.308 e. The summed E-state index contributed by atoms with van der Waals surface area (Å²) >= 11 is 0. The molecule has 0 saturated heterocycles. The Morgan fingerprint density at radius 3 is 2.29 bits per heavy atom. The molecule has 0 N–H and O–H groups in total. The summed E-state index contributed by atoms with van der Waals surface area (Å²) in [4.78, 5) is 0. The van der Waals surface area contributed by atoms with E-state index in [1.165, 1.54) is 0 Å². The average molecular weight is 308 g/mol. The van der Waals surface area contributed by atoms with Crippen molar-refractivity contribution < 1.29 is 13.6 Å². The van der Waals surface area contributed by atoms with Gasteiger partial charge in [-0.3, -0.25) is 4.57 Å². The van der Waals surface area contributed by atoms with Gasteiger partial charge in [0.25, 0.3) is 0 Å². The van der Waals surface area contributed by atoms with Crippen molar-refractivity contribution in [1.82, 2.24) is 0 Å². The van der Waals surface area contributed by atoms with E-state index in [1.807, 2.05) is 76.3 Å². The van der Waals surface area contributed by atoms with E-state index in [2.05, 4.69) is 0 Å². The molecule has 0 bridgehead atoms. The molecule has 1 rings (SSSR count). The van der Waals surface area contributed by atoms with Gasteiger partial charge in [0.15, 0.2) is 0 Å². The Balaban J connectivity index is 2.80. The Labute approximate surface area is 128 Å². The van der Waals surface area contributed by atoms with Crippen LogP contribution >= 0.6 is 7.60 Å². The molecule has 0 fully saturated rings. The Morgan fingerprint density at radius 1 is 1.19 bits per heavy atom. The van der Waals surface area contributed by atoms with Crippen LogP contribution in [0.15, 0.2) is 48.1 Å². The Kier molecular flexibility index (Phi) is 7.66. The highest BCUT2D eigenvalue weighted by Crippen LogP contribution is 2.53. The SMILES string of the molecule is CCOP(=O)(OCC)C(C)/C=C(C)/C=C/c1ccccc1. The molecular weight excluding hydrogens is 283 g/mol. The molecule has 1 aromatic rings. The molecule has 0 amide bonds. The van der Waals surface area contributed by atoms with Gasteiger partial charge in [0, 0.05) is 0 Å². The molecule has 0 aliphatic heterocycles. The Bertz CT molecular complexity index is 510. The van der Waals surface area contributed by atoms with Crippen LogP contribution in [0.5, 0.6) is 0 Å². The number of hydrogen-bond donors (Lipinski definition) is 0. The van der Waals surface area contributed by atoms with Gasteiger partial charge in [-0.15, -0.1) is 0 Å². The number of benzene rings is 1. The zero-order chi connectivity index (χ0) is 15.7. The van der Waals surface area contributed by atoms with E-state index in [1.54, 1.807) is 0 Å². The van der Waals surface area contributed by atoms with Crippen molar-refractivity contribution in [2.45, 2.75) is 33.4 Å².